The van der Waals surface area contributed by atoms with Gasteiger partial charge in [0.1, 0.15) is 5.65 Å². The molecule has 4 heteroatoms. The van der Waals surface area contributed by atoms with Gasteiger partial charge in [-0.2, -0.15) is 0 Å². The van der Waals surface area contributed by atoms with Crippen LogP contribution in [0.1, 0.15) is 11.1 Å². The number of rotatable bonds is 4. The Morgan fingerprint density at radius 3 is 2.74 bits per heavy atom. The molecule has 19 heavy (non-hydrogen) atoms. The lowest BCUT2D eigenvalue weighted by Crippen LogP contribution is -2.02. The standard InChI is InChI=1S/C15H16N4/c16-6-3-13-11-19(10-12-4-8-17-9-5-12)15-14(13)2-1-7-18-15/h1-2,4-5,7-9,11H,3,6,10,16H2. The molecule has 0 spiro atoms. The summed E-state index contributed by atoms with van der Waals surface area (Å²) in [5.41, 5.74) is 9.17. The molecule has 0 aliphatic rings. The molecular formula is C15H16N4. The van der Waals surface area contributed by atoms with Gasteiger partial charge in [0, 0.05) is 36.7 Å². The predicted octanol–water partition coefficient (Wildman–Crippen LogP) is 1.98. The maximum Gasteiger partial charge on any atom is 0.140 e. The molecule has 0 atom stereocenters. The van der Waals surface area contributed by atoms with E-state index in [1.807, 2.05) is 36.8 Å². The number of aromatic nitrogens is 3. The molecule has 3 aromatic heterocycles. The van der Waals surface area contributed by atoms with Crippen LogP contribution in [-0.2, 0) is 13.0 Å². The molecule has 0 saturated heterocycles. The summed E-state index contributed by atoms with van der Waals surface area (Å²) in [6.45, 7) is 1.46. The number of hydrogen-bond donors (Lipinski definition) is 1. The van der Waals surface area contributed by atoms with E-state index in [0.717, 1.165) is 18.6 Å². The van der Waals surface area contributed by atoms with Gasteiger partial charge < -0.3 is 10.3 Å². The van der Waals surface area contributed by atoms with E-state index >= 15 is 0 Å². The van der Waals surface area contributed by atoms with E-state index in [1.54, 1.807) is 0 Å². The average molecular weight is 252 g/mol. The van der Waals surface area contributed by atoms with Gasteiger partial charge in [-0.25, -0.2) is 4.98 Å². The summed E-state index contributed by atoms with van der Waals surface area (Å²) in [6.07, 6.45) is 8.50. The number of hydrogen-bond acceptors (Lipinski definition) is 3. The molecule has 96 valence electrons. The van der Waals surface area contributed by atoms with Gasteiger partial charge in [0.25, 0.3) is 0 Å². The molecule has 2 N–H and O–H groups in total. The Morgan fingerprint density at radius 1 is 1.11 bits per heavy atom. The van der Waals surface area contributed by atoms with Crippen molar-refractivity contribution in [3.05, 3.63) is 60.2 Å². The van der Waals surface area contributed by atoms with Crippen LogP contribution in [0.25, 0.3) is 11.0 Å². The van der Waals surface area contributed by atoms with Gasteiger partial charge in [0.15, 0.2) is 0 Å². The van der Waals surface area contributed by atoms with Crippen LogP contribution in [0, 0.1) is 0 Å². The van der Waals surface area contributed by atoms with E-state index in [2.05, 4.69) is 26.8 Å². The molecule has 3 heterocycles. The highest BCUT2D eigenvalue weighted by Crippen LogP contribution is 2.20. The summed E-state index contributed by atoms with van der Waals surface area (Å²) >= 11 is 0. The van der Waals surface area contributed by atoms with E-state index in [1.165, 1.54) is 16.5 Å². The first kappa shape index (κ1) is 11.9. The Hall–Kier alpha value is -2.20. The van der Waals surface area contributed by atoms with Crippen LogP contribution >= 0.6 is 0 Å². The lowest BCUT2D eigenvalue weighted by atomic mass is 10.2. The molecule has 0 aromatic carbocycles. The molecule has 3 aromatic rings. The van der Waals surface area contributed by atoms with Crippen molar-refractivity contribution in [1.82, 2.24) is 14.5 Å². The Bertz CT molecular complexity index is 673. The second kappa shape index (κ2) is 5.20. The van der Waals surface area contributed by atoms with E-state index in [0.29, 0.717) is 6.54 Å². The lowest BCUT2D eigenvalue weighted by Gasteiger charge is -2.03. The first-order valence-electron chi connectivity index (χ1n) is 6.40. The third-order valence-corrected chi connectivity index (χ3v) is 3.23. The van der Waals surface area contributed by atoms with Gasteiger partial charge in [0.2, 0.25) is 0 Å². The Labute approximate surface area is 111 Å². The highest BCUT2D eigenvalue weighted by Gasteiger charge is 2.08. The van der Waals surface area contributed by atoms with Gasteiger partial charge in [-0.1, -0.05) is 0 Å². The summed E-state index contributed by atoms with van der Waals surface area (Å²) in [5.74, 6) is 0. The van der Waals surface area contributed by atoms with Crippen LogP contribution in [0.15, 0.2) is 49.1 Å². The largest absolute Gasteiger partial charge is 0.330 e. The highest BCUT2D eigenvalue weighted by molar-refractivity contribution is 5.80. The van der Waals surface area contributed by atoms with Gasteiger partial charge in [-0.15, -0.1) is 0 Å². The van der Waals surface area contributed by atoms with Gasteiger partial charge >= 0.3 is 0 Å². The minimum atomic E-state index is 0.656. The zero-order chi connectivity index (χ0) is 13.1. The van der Waals surface area contributed by atoms with Crippen molar-refractivity contribution >= 4 is 11.0 Å². The van der Waals surface area contributed by atoms with Crippen molar-refractivity contribution in [3.63, 3.8) is 0 Å². The number of pyridine rings is 2. The maximum absolute atomic E-state index is 5.68. The highest BCUT2D eigenvalue weighted by atomic mass is 15.0. The van der Waals surface area contributed by atoms with E-state index in [-0.39, 0.29) is 0 Å². The van der Waals surface area contributed by atoms with E-state index in [4.69, 9.17) is 5.73 Å². The normalized spacial score (nSPS) is 11.0. The molecule has 3 rings (SSSR count). The minimum absolute atomic E-state index is 0.656. The molecule has 0 aliphatic carbocycles. The summed E-state index contributed by atoms with van der Waals surface area (Å²) < 4.78 is 2.18. The van der Waals surface area contributed by atoms with Crippen LogP contribution in [0.3, 0.4) is 0 Å². The first-order chi connectivity index (χ1) is 9.38. The average Bonchev–Trinajstić information content (AvgIpc) is 2.79. The van der Waals surface area contributed by atoms with Gasteiger partial charge in [-0.05, 0) is 48.4 Å². The Morgan fingerprint density at radius 2 is 1.95 bits per heavy atom. The number of nitrogens with zero attached hydrogens (tertiary/aromatic N) is 3. The quantitative estimate of drug-likeness (QED) is 0.772. The van der Waals surface area contributed by atoms with Crippen molar-refractivity contribution in [3.8, 4) is 0 Å². The number of nitrogens with two attached hydrogens (primary N) is 1. The topological polar surface area (TPSA) is 56.7 Å². The zero-order valence-electron chi connectivity index (χ0n) is 10.7. The lowest BCUT2D eigenvalue weighted by molar-refractivity contribution is 0.815. The third-order valence-electron chi connectivity index (χ3n) is 3.23. The van der Waals surface area contributed by atoms with Crippen molar-refractivity contribution in [2.45, 2.75) is 13.0 Å². The fraction of sp³-hybridized carbons (Fsp3) is 0.200. The predicted molar refractivity (Wildman–Crippen MR) is 75.8 cm³/mol. The fourth-order valence-corrected chi connectivity index (χ4v) is 2.36. The zero-order valence-corrected chi connectivity index (χ0v) is 10.7. The van der Waals surface area contributed by atoms with Crippen LogP contribution in [-0.4, -0.2) is 21.1 Å². The second-order valence-corrected chi connectivity index (χ2v) is 4.55. The molecule has 0 unspecified atom stereocenters. The third kappa shape index (κ3) is 2.35. The SMILES string of the molecule is NCCc1cn(Cc2ccncc2)c2ncccc12. The minimum Gasteiger partial charge on any atom is -0.330 e. The van der Waals surface area contributed by atoms with Crippen LogP contribution < -0.4 is 5.73 Å². The van der Waals surface area contributed by atoms with Gasteiger partial charge in [-0.3, -0.25) is 4.98 Å². The van der Waals surface area contributed by atoms with Crippen LogP contribution in [0.2, 0.25) is 0 Å². The van der Waals surface area contributed by atoms with E-state index in [9.17, 15) is 0 Å². The summed E-state index contributed by atoms with van der Waals surface area (Å²) in [4.78, 5) is 8.53. The van der Waals surface area contributed by atoms with E-state index < -0.39 is 0 Å². The molecule has 0 fully saturated rings. The van der Waals surface area contributed by atoms with Crippen molar-refractivity contribution in [2.24, 2.45) is 5.73 Å². The number of fused-ring (bicyclic) bond motifs is 1. The first-order valence-corrected chi connectivity index (χ1v) is 6.40. The smallest absolute Gasteiger partial charge is 0.140 e. The van der Waals surface area contributed by atoms with Crippen molar-refractivity contribution in [1.29, 1.82) is 0 Å². The molecule has 4 nitrogen and oxygen atoms in total. The Kier molecular flexibility index (Phi) is 3.25. The monoisotopic (exact) mass is 252 g/mol. The second-order valence-electron chi connectivity index (χ2n) is 4.55. The summed E-state index contributed by atoms with van der Waals surface area (Å²) in [5, 5.41) is 1.20. The van der Waals surface area contributed by atoms with Crippen LogP contribution in [0.4, 0.5) is 0 Å². The molecule has 0 bridgehead atoms. The molecule has 0 aliphatic heterocycles. The Balaban J connectivity index is 2.03. The van der Waals surface area contributed by atoms with Crippen LogP contribution in [0.5, 0.6) is 0 Å². The van der Waals surface area contributed by atoms with Gasteiger partial charge in [0.05, 0.1) is 0 Å². The molecule has 0 saturated carbocycles. The summed E-state index contributed by atoms with van der Waals surface area (Å²) in [7, 11) is 0. The van der Waals surface area contributed by atoms with Crippen molar-refractivity contribution < 1.29 is 0 Å². The maximum atomic E-state index is 5.68. The summed E-state index contributed by atoms with van der Waals surface area (Å²) in [6, 6.07) is 8.13. The fourth-order valence-electron chi connectivity index (χ4n) is 2.36. The molecule has 0 radical (unpaired) electrons. The molecule has 0 amide bonds. The molecular weight excluding hydrogens is 236 g/mol. The van der Waals surface area contributed by atoms with Crippen molar-refractivity contribution in [2.75, 3.05) is 6.54 Å².